The van der Waals surface area contributed by atoms with Crippen molar-refractivity contribution in [1.82, 2.24) is 29.8 Å². The third-order valence-electron chi connectivity index (χ3n) is 7.45. The molecule has 42 heavy (non-hydrogen) atoms. The Morgan fingerprint density at radius 2 is 1.79 bits per heavy atom. The lowest BCUT2D eigenvalue weighted by molar-refractivity contribution is -0.139. The van der Waals surface area contributed by atoms with Gasteiger partial charge in [-0.2, -0.15) is 0 Å². The van der Waals surface area contributed by atoms with Crippen LogP contribution in [0, 0.1) is 11.7 Å². The Labute approximate surface area is 245 Å². The second kappa shape index (κ2) is 11.9. The second-order valence-corrected chi connectivity index (χ2v) is 11.7. The third kappa shape index (κ3) is 6.31. The Bertz CT molecular complexity index is 1640. The molecule has 3 aromatic heterocycles. The first kappa shape index (κ1) is 27.9. The number of carbonyl (C=O) groups is 3. The van der Waals surface area contributed by atoms with Crippen molar-refractivity contribution in [3.05, 3.63) is 54.1 Å². The molecule has 1 aliphatic carbocycles. The quantitative estimate of drug-likeness (QED) is 0.297. The van der Waals surface area contributed by atoms with Gasteiger partial charge in [-0.15, -0.1) is 16.4 Å². The van der Waals surface area contributed by atoms with Gasteiger partial charge in [0, 0.05) is 51.3 Å². The largest absolute Gasteiger partial charge is 0.453 e. The average molecular weight is 592 g/mol. The van der Waals surface area contributed by atoms with Crippen LogP contribution in [0.2, 0.25) is 0 Å². The Hall–Kier alpha value is -4.23. The molecule has 1 saturated carbocycles. The van der Waals surface area contributed by atoms with E-state index in [2.05, 4.69) is 15.3 Å². The molecule has 0 atom stereocenters. The van der Waals surface area contributed by atoms with Crippen LogP contribution in [0.3, 0.4) is 0 Å². The van der Waals surface area contributed by atoms with Gasteiger partial charge in [0.25, 0.3) is 0 Å². The maximum Gasteiger partial charge on any atom is 0.244 e. The molecule has 0 radical (unpaired) electrons. The van der Waals surface area contributed by atoms with Crippen molar-refractivity contribution in [2.75, 3.05) is 32.7 Å². The van der Waals surface area contributed by atoms with Crippen molar-refractivity contribution >= 4 is 39.2 Å². The van der Waals surface area contributed by atoms with Crippen molar-refractivity contribution in [2.45, 2.75) is 32.2 Å². The first-order valence-electron chi connectivity index (χ1n) is 13.9. The fourth-order valence-electron chi connectivity index (χ4n) is 4.98. The summed E-state index contributed by atoms with van der Waals surface area (Å²) in [5.74, 6) is 0.381. The van der Waals surface area contributed by atoms with Crippen molar-refractivity contribution in [3.63, 3.8) is 0 Å². The predicted molar refractivity (Wildman–Crippen MR) is 153 cm³/mol. The molecule has 2 aliphatic rings. The number of nitrogens with zero attached hydrogens (tertiary/aromatic N) is 6. The lowest BCUT2D eigenvalue weighted by Crippen LogP contribution is -2.52. The molecule has 0 bridgehead atoms. The number of nitrogens with two attached hydrogens (primary N) is 1. The Morgan fingerprint density at radius 3 is 2.50 bits per heavy atom. The minimum atomic E-state index is -0.534. The minimum absolute atomic E-state index is 0.0246. The number of ketones is 1. The standard InChI is InChI=1S/C29H30FN7O4S/c30-21-13-19(12-20(38)11-18-1-2-18)3-4-24(21)41-25-5-6-32-22-14-26(42-29(22)25)23-16-37(34-33-23)17-28(40)36-9-7-35(8-10-36)27(39)15-31/h3-6,13-14,16,18H,1-2,7-12,15,17,31H2. The average Bonchev–Trinajstić information content (AvgIpc) is 3.48. The number of hydrogen-bond acceptors (Lipinski definition) is 9. The molecule has 6 rings (SSSR count). The summed E-state index contributed by atoms with van der Waals surface area (Å²) in [5, 5.41) is 8.36. The van der Waals surface area contributed by atoms with Crippen LogP contribution in [0.1, 0.15) is 24.8 Å². The number of Topliss-reactive ketones (excluding diaryl/α,β-unsaturated/α-hetero) is 1. The van der Waals surface area contributed by atoms with Gasteiger partial charge >= 0.3 is 0 Å². The first-order chi connectivity index (χ1) is 20.4. The topological polar surface area (TPSA) is 137 Å². The maximum atomic E-state index is 14.9. The number of ether oxygens (including phenoxy) is 1. The van der Waals surface area contributed by atoms with Crippen LogP contribution in [0.15, 0.2) is 42.7 Å². The predicted octanol–water partition coefficient (Wildman–Crippen LogP) is 3.03. The number of amides is 2. The lowest BCUT2D eigenvalue weighted by atomic mass is 10.0. The molecule has 1 saturated heterocycles. The fraction of sp³-hybridized carbons (Fsp3) is 0.379. The van der Waals surface area contributed by atoms with Gasteiger partial charge in [0.2, 0.25) is 11.8 Å². The molecule has 11 nitrogen and oxygen atoms in total. The normalized spacial score (nSPS) is 15.3. The molecule has 2 N–H and O–H groups in total. The van der Waals surface area contributed by atoms with Gasteiger partial charge in [-0.1, -0.05) is 11.3 Å². The molecule has 13 heteroatoms. The highest BCUT2D eigenvalue weighted by atomic mass is 32.1. The van der Waals surface area contributed by atoms with Crippen LogP contribution in [-0.2, 0) is 27.3 Å². The zero-order valence-electron chi connectivity index (χ0n) is 22.9. The van der Waals surface area contributed by atoms with Crippen molar-refractivity contribution < 1.29 is 23.5 Å². The van der Waals surface area contributed by atoms with Crippen molar-refractivity contribution in [1.29, 1.82) is 0 Å². The van der Waals surface area contributed by atoms with E-state index in [0.717, 1.165) is 17.7 Å². The van der Waals surface area contributed by atoms with E-state index in [4.69, 9.17) is 10.5 Å². The van der Waals surface area contributed by atoms with Crippen LogP contribution in [0.4, 0.5) is 4.39 Å². The van der Waals surface area contributed by atoms with Gasteiger partial charge < -0.3 is 20.3 Å². The molecular formula is C29H30FN7O4S. The Kier molecular flexibility index (Phi) is 7.94. The van der Waals surface area contributed by atoms with Gasteiger partial charge in [0.05, 0.1) is 27.8 Å². The van der Waals surface area contributed by atoms with E-state index >= 15 is 0 Å². The van der Waals surface area contributed by atoms with E-state index in [1.165, 1.54) is 22.1 Å². The summed E-state index contributed by atoms with van der Waals surface area (Å²) >= 11 is 1.38. The summed E-state index contributed by atoms with van der Waals surface area (Å²) in [4.78, 5) is 45.3. The molecule has 2 fully saturated rings. The summed E-state index contributed by atoms with van der Waals surface area (Å²) in [7, 11) is 0. The molecule has 2 amide bonds. The molecule has 1 aromatic carbocycles. The van der Waals surface area contributed by atoms with Crippen molar-refractivity contribution in [2.24, 2.45) is 11.7 Å². The number of halogens is 1. The first-order valence-corrected chi connectivity index (χ1v) is 14.7. The zero-order valence-corrected chi connectivity index (χ0v) is 23.7. The van der Waals surface area contributed by atoms with E-state index in [1.807, 2.05) is 6.07 Å². The van der Waals surface area contributed by atoms with E-state index in [-0.39, 0.29) is 42.9 Å². The van der Waals surface area contributed by atoms with Crippen molar-refractivity contribution in [3.8, 4) is 22.1 Å². The van der Waals surface area contributed by atoms with Gasteiger partial charge in [-0.25, -0.2) is 9.07 Å². The number of benzene rings is 1. The van der Waals surface area contributed by atoms with Gasteiger partial charge in [-0.3, -0.25) is 19.4 Å². The SMILES string of the molecule is NCC(=O)N1CCN(C(=O)Cn2cc(-c3cc4nccc(Oc5ccc(CC(=O)CC6CC6)cc5F)c4s3)nn2)CC1. The zero-order chi connectivity index (χ0) is 29.2. The monoisotopic (exact) mass is 591 g/mol. The summed E-state index contributed by atoms with van der Waals surface area (Å²) in [6.45, 7) is 1.79. The molecule has 0 spiro atoms. The highest BCUT2D eigenvalue weighted by molar-refractivity contribution is 7.22. The fourth-order valence-corrected chi connectivity index (χ4v) is 6.00. The number of hydrogen-bond donors (Lipinski definition) is 1. The van der Waals surface area contributed by atoms with E-state index in [9.17, 15) is 18.8 Å². The van der Waals surface area contributed by atoms with Crippen LogP contribution in [-0.4, -0.2) is 80.1 Å². The number of piperazine rings is 1. The lowest BCUT2D eigenvalue weighted by Gasteiger charge is -2.34. The van der Waals surface area contributed by atoms with Gasteiger partial charge in [0.15, 0.2) is 11.6 Å². The van der Waals surface area contributed by atoms with E-state index in [1.54, 1.807) is 40.4 Å². The van der Waals surface area contributed by atoms with Gasteiger partial charge in [-0.05, 0) is 42.5 Å². The number of thiophene rings is 1. The molecule has 218 valence electrons. The number of fused-ring (bicyclic) bond motifs is 1. The van der Waals surface area contributed by atoms with Crippen LogP contribution < -0.4 is 10.5 Å². The Morgan fingerprint density at radius 1 is 1.02 bits per heavy atom. The number of pyridine rings is 1. The van der Waals surface area contributed by atoms with Crippen LogP contribution in [0.5, 0.6) is 11.5 Å². The summed E-state index contributed by atoms with van der Waals surface area (Å²) in [6, 6.07) is 8.15. The molecule has 0 unspecified atom stereocenters. The highest BCUT2D eigenvalue weighted by Crippen LogP contribution is 2.39. The summed E-state index contributed by atoms with van der Waals surface area (Å²) in [6.07, 6.45) is 6.28. The Balaban J connectivity index is 1.11. The summed E-state index contributed by atoms with van der Waals surface area (Å²) < 4.78 is 23.1. The van der Waals surface area contributed by atoms with E-state index in [0.29, 0.717) is 65.7 Å². The minimum Gasteiger partial charge on any atom is -0.453 e. The third-order valence-corrected chi connectivity index (χ3v) is 8.62. The second-order valence-electron chi connectivity index (χ2n) is 10.6. The molecule has 4 heterocycles. The van der Waals surface area contributed by atoms with E-state index < -0.39 is 5.82 Å². The molecule has 1 aliphatic heterocycles. The number of carbonyl (C=O) groups excluding carboxylic acids is 3. The molecular weight excluding hydrogens is 561 g/mol. The number of rotatable bonds is 10. The highest BCUT2D eigenvalue weighted by Gasteiger charge is 2.25. The van der Waals surface area contributed by atoms with Gasteiger partial charge in [0.1, 0.15) is 23.8 Å². The smallest absolute Gasteiger partial charge is 0.244 e. The summed E-state index contributed by atoms with van der Waals surface area (Å²) in [5.41, 5.74) is 7.29. The molecule has 4 aromatic rings. The van der Waals surface area contributed by atoms with Crippen LogP contribution in [0.25, 0.3) is 20.8 Å². The maximum absolute atomic E-state index is 14.9. The van der Waals surface area contributed by atoms with Crippen LogP contribution >= 0.6 is 11.3 Å². The number of aromatic nitrogens is 4.